The van der Waals surface area contributed by atoms with Crippen LogP contribution in [-0.2, 0) is 0 Å². The molecule has 0 saturated heterocycles. The van der Waals surface area contributed by atoms with Gasteiger partial charge in [0.2, 0.25) is 0 Å². The Hall–Kier alpha value is -2.44. The highest BCUT2D eigenvalue weighted by atomic mass is 32.2. The summed E-state index contributed by atoms with van der Waals surface area (Å²) in [5.41, 5.74) is 4.04. The van der Waals surface area contributed by atoms with Crippen molar-refractivity contribution in [2.75, 3.05) is 28.3 Å². The topological polar surface area (TPSA) is 50.4 Å². The summed E-state index contributed by atoms with van der Waals surface area (Å²) >= 11 is 1.70. The number of rotatable bonds is 7. The van der Waals surface area contributed by atoms with Crippen molar-refractivity contribution in [2.24, 2.45) is 0 Å². The summed E-state index contributed by atoms with van der Waals surface area (Å²) < 4.78 is 10.6. The van der Waals surface area contributed by atoms with Gasteiger partial charge < -0.3 is 14.5 Å². The quantitative estimate of drug-likeness (QED) is 0.471. The van der Waals surface area contributed by atoms with Gasteiger partial charge in [0.25, 0.3) is 0 Å². The maximum atomic E-state index is 5.28. The first kappa shape index (κ1) is 19.3. The molecule has 1 N–H and O–H groups in total. The molecule has 6 heteroatoms. The van der Waals surface area contributed by atoms with Crippen molar-refractivity contribution in [1.82, 2.24) is 14.9 Å². The van der Waals surface area contributed by atoms with Crippen molar-refractivity contribution in [3.8, 4) is 34.0 Å². The highest BCUT2D eigenvalue weighted by Crippen LogP contribution is 2.35. The highest BCUT2D eigenvalue weighted by molar-refractivity contribution is 7.99. The van der Waals surface area contributed by atoms with E-state index >= 15 is 0 Å². The second-order valence-corrected chi connectivity index (χ2v) is 7.71. The van der Waals surface area contributed by atoms with Gasteiger partial charge in [0, 0.05) is 11.1 Å². The molecule has 0 aliphatic carbocycles. The number of benzene rings is 2. The Morgan fingerprint density at radius 2 is 1.41 bits per heavy atom. The molecule has 142 valence electrons. The summed E-state index contributed by atoms with van der Waals surface area (Å²) in [6.07, 6.45) is 0. The fraction of sp³-hybridized carbons (Fsp3) is 0.286. The van der Waals surface area contributed by atoms with Crippen molar-refractivity contribution in [2.45, 2.75) is 17.5 Å². The summed E-state index contributed by atoms with van der Waals surface area (Å²) in [5, 5.41) is 1.21. The Morgan fingerprint density at radius 1 is 0.889 bits per heavy atom. The van der Waals surface area contributed by atoms with Crippen molar-refractivity contribution in [1.29, 1.82) is 0 Å². The number of thioether (sulfide) groups is 1. The number of hydrogen-bond donors (Lipinski definition) is 1. The van der Waals surface area contributed by atoms with Crippen LogP contribution in [0.1, 0.15) is 6.92 Å². The van der Waals surface area contributed by atoms with E-state index in [1.807, 2.05) is 48.5 Å². The Balaban J connectivity index is 2.03. The molecule has 27 heavy (non-hydrogen) atoms. The summed E-state index contributed by atoms with van der Waals surface area (Å²) in [7, 11) is 7.47. The molecule has 0 radical (unpaired) electrons. The standard InChI is InChI=1S/C21H25N3O2S/c1-14(24(2)3)27-21-22-19(15-6-10-17(25-4)11-7-15)20(23-21)16-8-12-18(26-5)13-9-16/h6-14H,1-5H3,(H,22,23). The van der Waals surface area contributed by atoms with Crippen molar-refractivity contribution in [3.05, 3.63) is 48.5 Å². The van der Waals surface area contributed by atoms with Gasteiger partial charge in [0.1, 0.15) is 11.5 Å². The SMILES string of the molecule is COc1ccc(-c2nc(SC(C)N(C)C)[nH]c2-c2ccc(OC)cc2)cc1. The molecule has 1 atom stereocenters. The molecule has 0 bridgehead atoms. The predicted octanol–water partition coefficient (Wildman–Crippen LogP) is 4.76. The number of hydrogen-bond acceptors (Lipinski definition) is 5. The van der Waals surface area contributed by atoms with Gasteiger partial charge in [-0.15, -0.1) is 0 Å². The zero-order valence-corrected chi connectivity index (χ0v) is 17.1. The number of aromatic nitrogens is 2. The number of H-pyrrole nitrogens is 1. The molecule has 3 rings (SSSR count). The molecule has 0 spiro atoms. The van der Waals surface area contributed by atoms with Crippen LogP contribution in [0.2, 0.25) is 0 Å². The Morgan fingerprint density at radius 3 is 1.89 bits per heavy atom. The fourth-order valence-electron chi connectivity index (χ4n) is 2.60. The van der Waals surface area contributed by atoms with Crippen molar-refractivity contribution >= 4 is 11.8 Å². The minimum atomic E-state index is 0.309. The Labute approximate surface area is 164 Å². The number of methoxy groups -OCH3 is 2. The van der Waals surface area contributed by atoms with E-state index in [-0.39, 0.29) is 0 Å². The lowest BCUT2D eigenvalue weighted by molar-refractivity contribution is 0.402. The molecule has 0 saturated carbocycles. The van der Waals surface area contributed by atoms with Crippen LogP contribution >= 0.6 is 11.8 Å². The van der Waals surface area contributed by atoms with Gasteiger partial charge in [0.05, 0.1) is 31.0 Å². The first-order valence-corrected chi connectivity index (χ1v) is 9.61. The fourth-order valence-corrected chi connectivity index (χ4v) is 3.44. The van der Waals surface area contributed by atoms with Crippen molar-refractivity contribution in [3.63, 3.8) is 0 Å². The molecule has 3 aromatic rings. The molecule has 0 fully saturated rings. The molecular weight excluding hydrogens is 358 g/mol. The van der Waals surface area contributed by atoms with Gasteiger partial charge in [-0.05, 0) is 69.6 Å². The molecule has 5 nitrogen and oxygen atoms in total. The van der Waals surface area contributed by atoms with Gasteiger partial charge in [-0.25, -0.2) is 4.98 Å². The monoisotopic (exact) mass is 383 g/mol. The molecular formula is C21H25N3O2S. The lowest BCUT2D eigenvalue weighted by Crippen LogP contribution is -2.20. The van der Waals surface area contributed by atoms with Gasteiger partial charge in [0.15, 0.2) is 5.16 Å². The van der Waals surface area contributed by atoms with E-state index in [1.54, 1.807) is 26.0 Å². The third-order valence-corrected chi connectivity index (χ3v) is 5.61. The number of nitrogens with zero attached hydrogens (tertiary/aromatic N) is 2. The van der Waals surface area contributed by atoms with E-state index in [2.05, 4.69) is 30.9 Å². The highest BCUT2D eigenvalue weighted by Gasteiger charge is 2.17. The maximum Gasteiger partial charge on any atom is 0.167 e. The maximum absolute atomic E-state index is 5.28. The third-order valence-electron chi connectivity index (χ3n) is 4.43. The molecule has 0 aliphatic rings. The number of ether oxygens (including phenoxy) is 2. The second-order valence-electron chi connectivity index (χ2n) is 6.40. The van der Waals surface area contributed by atoms with E-state index in [1.165, 1.54) is 0 Å². The average Bonchev–Trinajstić information content (AvgIpc) is 3.11. The van der Waals surface area contributed by atoms with Gasteiger partial charge >= 0.3 is 0 Å². The second kappa shape index (κ2) is 8.50. The van der Waals surface area contributed by atoms with Crippen LogP contribution < -0.4 is 9.47 Å². The number of nitrogens with one attached hydrogen (secondary N) is 1. The predicted molar refractivity (Wildman–Crippen MR) is 112 cm³/mol. The first-order valence-electron chi connectivity index (χ1n) is 8.73. The summed E-state index contributed by atoms with van der Waals surface area (Å²) in [6.45, 7) is 2.16. The van der Waals surface area contributed by atoms with Crippen LogP contribution in [0.4, 0.5) is 0 Å². The minimum absolute atomic E-state index is 0.309. The Kier molecular flexibility index (Phi) is 6.08. The number of imidazole rings is 1. The smallest absolute Gasteiger partial charge is 0.167 e. The van der Waals surface area contributed by atoms with Crippen LogP contribution in [0.5, 0.6) is 11.5 Å². The summed E-state index contributed by atoms with van der Waals surface area (Å²) in [6, 6.07) is 16.0. The summed E-state index contributed by atoms with van der Waals surface area (Å²) in [5.74, 6) is 1.66. The molecule has 0 aliphatic heterocycles. The van der Waals surface area contributed by atoms with Gasteiger partial charge in [-0.3, -0.25) is 4.90 Å². The van der Waals surface area contributed by atoms with Crippen LogP contribution in [0, 0.1) is 0 Å². The van der Waals surface area contributed by atoms with E-state index in [0.717, 1.165) is 39.2 Å². The average molecular weight is 384 g/mol. The summed E-state index contributed by atoms with van der Waals surface area (Å²) in [4.78, 5) is 10.5. The molecule has 0 amide bonds. The van der Waals surface area contributed by atoms with E-state index in [0.29, 0.717) is 5.37 Å². The molecule has 1 aromatic heterocycles. The first-order chi connectivity index (χ1) is 13.0. The molecule has 2 aromatic carbocycles. The van der Waals surface area contributed by atoms with Crippen LogP contribution in [0.3, 0.4) is 0 Å². The van der Waals surface area contributed by atoms with Crippen LogP contribution in [0.15, 0.2) is 53.7 Å². The van der Waals surface area contributed by atoms with Crippen molar-refractivity contribution < 1.29 is 9.47 Å². The van der Waals surface area contributed by atoms with Gasteiger partial charge in [-0.1, -0.05) is 11.8 Å². The number of aromatic amines is 1. The minimum Gasteiger partial charge on any atom is -0.497 e. The van der Waals surface area contributed by atoms with E-state index in [9.17, 15) is 0 Å². The van der Waals surface area contributed by atoms with E-state index in [4.69, 9.17) is 14.5 Å². The zero-order valence-electron chi connectivity index (χ0n) is 16.3. The Bertz CT molecular complexity index is 808. The molecule has 1 unspecified atom stereocenters. The normalized spacial score (nSPS) is 12.2. The molecule has 1 heterocycles. The zero-order chi connectivity index (χ0) is 19.4. The van der Waals surface area contributed by atoms with Gasteiger partial charge in [-0.2, -0.15) is 0 Å². The lowest BCUT2D eigenvalue weighted by atomic mass is 10.0. The third kappa shape index (κ3) is 4.46. The van der Waals surface area contributed by atoms with Crippen LogP contribution in [-0.4, -0.2) is 48.6 Å². The largest absolute Gasteiger partial charge is 0.497 e. The van der Waals surface area contributed by atoms with Crippen LogP contribution in [0.25, 0.3) is 22.5 Å². The lowest BCUT2D eigenvalue weighted by Gasteiger charge is -2.17. The van der Waals surface area contributed by atoms with E-state index < -0.39 is 0 Å².